The first kappa shape index (κ1) is 26.0. The van der Waals surface area contributed by atoms with Crippen LogP contribution in [0.5, 0.6) is 5.75 Å². The summed E-state index contributed by atoms with van der Waals surface area (Å²) in [7, 11) is 0. The molecule has 5 heteroatoms. The molecule has 0 aromatic heterocycles. The second kappa shape index (κ2) is 13.3. The average molecular weight is 466 g/mol. The maximum Gasteiger partial charge on any atom is 0.119 e. The van der Waals surface area contributed by atoms with Gasteiger partial charge in [-0.2, -0.15) is 0 Å². The van der Waals surface area contributed by atoms with E-state index in [1.807, 2.05) is 6.92 Å². The van der Waals surface area contributed by atoms with Gasteiger partial charge in [0, 0.05) is 38.3 Å². The Morgan fingerprint density at radius 1 is 0.839 bits per heavy atom. The van der Waals surface area contributed by atoms with E-state index in [1.54, 1.807) is 0 Å². The molecule has 0 spiro atoms. The number of piperazine rings is 1. The van der Waals surface area contributed by atoms with E-state index in [9.17, 15) is 0 Å². The van der Waals surface area contributed by atoms with E-state index in [0.29, 0.717) is 6.04 Å². The van der Waals surface area contributed by atoms with E-state index in [4.69, 9.17) is 4.74 Å². The Morgan fingerprint density at radius 3 is 2.10 bits per heavy atom. The SMILES string of the molecule is CCOc1ccc(CC(c2ccccc2)N2CCN(C3CCCCC3)CC2)cc1.Cl.Cl. The molecule has 3 nitrogen and oxygen atoms in total. The lowest BCUT2D eigenvalue weighted by Gasteiger charge is -2.43. The fourth-order valence-electron chi connectivity index (χ4n) is 5.11. The minimum absolute atomic E-state index is 0. The average Bonchev–Trinajstić information content (AvgIpc) is 2.80. The maximum atomic E-state index is 5.62. The number of hydrogen-bond donors (Lipinski definition) is 0. The van der Waals surface area contributed by atoms with Gasteiger partial charge in [-0.1, -0.05) is 61.7 Å². The lowest BCUT2D eigenvalue weighted by molar-refractivity contribution is 0.0559. The molecule has 2 fully saturated rings. The predicted octanol–water partition coefficient (Wildman–Crippen LogP) is 6.16. The standard InChI is InChI=1S/C26H36N2O.2ClH/c1-2-29-25-15-13-22(14-16-25)21-26(23-9-5-3-6-10-23)28-19-17-27(18-20-28)24-11-7-4-8-12-24;;/h3,5-6,9-10,13-16,24,26H,2,4,7-8,11-12,17-21H2,1H3;2*1H. The van der Waals surface area contributed by atoms with Gasteiger partial charge in [0.2, 0.25) is 0 Å². The minimum atomic E-state index is 0. The summed E-state index contributed by atoms with van der Waals surface area (Å²) >= 11 is 0. The number of hydrogen-bond acceptors (Lipinski definition) is 3. The first-order valence-electron chi connectivity index (χ1n) is 11.6. The van der Waals surface area contributed by atoms with E-state index in [2.05, 4.69) is 64.4 Å². The fraction of sp³-hybridized carbons (Fsp3) is 0.538. The van der Waals surface area contributed by atoms with Crippen molar-refractivity contribution in [3.05, 3.63) is 65.7 Å². The summed E-state index contributed by atoms with van der Waals surface area (Å²) in [6.07, 6.45) is 8.17. The summed E-state index contributed by atoms with van der Waals surface area (Å²) in [6, 6.07) is 21.1. The molecule has 172 valence electrons. The van der Waals surface area contributed by atoms with Crippen molar-refractivity contribution < 1.29 is 4.74 Å². The molecule has 0 bridgehead atoms. The number of ether oxygens (including phenoxy) is 1. The van der Waals surface area contributed by atoms with Crippen LogP contribution in [0.4, 0.5) is 0 Å². The van der Waals surface area contributed by atoms with Crippen LogP contribution in [-0.4, -0.2) is 48.6 Å². The van der Waals surface area contributed by atoms with Crippen molar-refractivity contribution in [3.8, 4) is 5.75 Å². The normalized spacial score (nSPS) is 19.1. The Morgan fingerprint density at radius 2 is 1.48 bits per heavy atom. The Balaban J connectivity index is 0.00000171. The molecule has 1 unspecified atom stereocenters. The summed E-state index contributed by atoms with van der Waals surface area (Å²) in [5, 5.41) is 0. The van der Waals surface area contributed by atoms with Gasteiger partial charge in [0.1, 0.15) is 5.75 Å². The van der Waals surface area contributed by atoms with Crippen LogP contribution in [0.3, 0.4) is 0 Å². The molecular weight excluding hydrogens is 427 g/mol. The van der Waals surface area contributed by atoms with Gasteiger partial charge in [-0.25, -0.2) is 0 Å². The molecule has 1 atom stereocenters. The van der Waals surface area contributed by atoms with Gasteiger partial charge in [-0.15, -0.1) is 24.8 Å². The van der Waals surface area contributed by atoms with E-state index < -0.39 is 0 Å². The molecule has 1 saturated carbocycles. The van der Waals surface area contributed by atoms with Crippen molar-refractivity contribution in [2.75, 3.05) is 32.8 Å². The highest BCUT2D eigenvalue weighted by atomic mass is 35.5. The van der Waals surface area contributed by atoms with Crippen molar-refractivity contribution in [1.29, 1.82) is 0 Å². The lowest BCUT2D eigenvalue weighted by atomic mass is 9.93. The van der Waals surface area contributed by atoms with E-state index in [1.165, 1.54) is 69.4 Å². The first-order valence-corrected chi connectivity index (χ1v) is 11.6. The number of benzene rings is 2. The number of nitrogens with zero attached hydrogens (tertiary/aromatic N) is 2. The van der Waals surface area contributed by atoms with Gasteiger partial charge in [0.05, 0.1) is 6.61 Å². The smallest absolute Gasteiger partial charge is 0.119 e. The quantitative estimate of drug-likeness (QED) is 0.487. The monoisotopic (exact) mass is 464 g/mol. The molecule has 0 amide bonds. The van der Waals surface area contributed by atoms with Crippen LogP contribution in [0.25, 0.3) is 0 Å². The summed E-state index contributed by atoms with van der Waals surface area (Å²) in [5.74, 6) is 0.966. The third kappa shape index (κ3) is 7.12. The van der Waals surface area contributed by atoms with E-state index >= 15 is 0 Å². The van der Waals surface area contributed by atoms with Gasteiger partial charge in [-0.3, -0.25) is 9.80 Å². The Labute approximate surface area is 201 Å². The molecule has 1 saturated heterocycles. The van der Waals surface area contributed by atoms with E-state index in [0.717, 1.165) is 24.8 Å². The molecular formula is C26H38Cl2N2O. The first-order chi connectivity index (χ1) is 14.3. The van der Waals surface area contributed by atoms with Gasteiger partial charge >= 0.3 is 0 Å². The Bertz CT molecular complexity index is 727. The van der Waals surface area contributed by atoms with Crippen LogP contribution in [0, 0.1) is 0 Å². The summed E-state index contributed by atoms with van der Waals surface area (Å²) in [5.41, 5.74) is 2.82. The molecule has 1 aliphatic heterocycles. The van der Waals surface area contributed by atoms with Crippen molar-refractivity contribution in [3.63, 3.8) is 0 Å². The largest absolute Gasteiger partial charge is 0.494 e. The summed E-state index contributed by atoms with van der Waals surface area (Å²) < 4.78 is 5.62. The minimum Gasteiger partial charge on any atom is -0.494 e. The van der Waals surface area contributed by atoms with Gasteiger partial charge < -0.3 is 4.74 Å². The van der Waals surface area contributed by atoms with Crippen LogP contribution in [0.15, 0.2) is 54.6 Å². The molecule has 1 heterocycles. The molecule has 4 rings (SSSR count). The molecule has 2 aromatic rings. The zero-order valence-corrected chi connectivity index (χ0v) is 20.4. The summed E-state index contributed by atoms with van der Waals surface area (Å²) in [4.78, 5) is 5.49. The third-order valence-electron chi connectivity index (χ3n) is 6.73. The van der Waals surface area contributed by atoms with Crippen molar-refractivity contribution >= 4 is 24.8 Å². The van der Waals surface area contributed by atoms with Crippen molar-refractivity contribution in [2.45, 2.75) is 57.5 Å². The highest BCUT2D eigenvalue weighted by Crippen LogP contribution is 2.29. The van der Waals surface area contributed by atoms with Crippen LogP contribution < -0.4 is 4.74 Å². The van der Waals surface area contributed by atoms with Crippen molar-refractivity contribution in [2.24, 2.45) is 0 Å². The van der Waals surface area contributed by atoms with Crippen LogP contribution in [0.2, 0.25) is 0 Å². The summed E-state index contributed by atoms with van der Waals surface area (Å²) in [6.45, 7) is 7.54. The third-order valence-corrected chi connectivity index (χ3v) is 6.73. The fourth-order valence-corrected chi connectivity index (χ4v) is 5.11. The second-order valence-corrected chi connectivity index (χ2v) is 8.57. The molecule has 0 N–H and O–H groups in total. The zero-order valence-electron chi connectivity index (χ0n) is 18.7. The number of halogens is 2. The Kier molecular flexibility index (Phi) is 11.2. The molecule has 1 aliphatic carbocycles. The highest BCUT2D eigenvalue weighted by molar-refractivity contribution is 5.85. The van der Waals surface area contributed by atoms with Crippen molar-refractivity contribution in [1.82, 2.24) is 9.80 Å². The Hall–Kier alpha value is -1.26. The van der Waals surface area contributed by atoms with Crippen LogP contribution >= 0.6 is 24.8 Å². The zero-order chi connectivity index (χ0) is 19.9. The van der Waals surface area contributed by atoms with E-state index in [-0.39, 0.29) is 24.8 Å². The molecule has 31 heavy (non-hydrogen) atoms. The van der Waals surface area contributed by atoms with Crippen LogP contribution in [-0.2, 0) is 6.42 Å². The topological polar surface area (TPSA) is 15.7 Å². The van der Waals surface area contributed by atoms with Crippen LogP contribution in [0.1, 0.15) is 56.2 Å². The van der Waals surface area contributed by atoms with Gasteiger partial charge in [-0.05, 0) is 49.4 Å². The lowest BCUT2D eigenvalue weighted by Crippen LogP contribution is -2.51. The van der Waals surface area contributed by atoms with Gasteiger partial charge in [0.15, 0.2) is 0 Å². The maximum absolute atomic E-state index is 5.62. The highest BCUT2D eigenvalue weighted by Gasteiger charge is 2.29. The number of rotatable bonds is 7. The molecule has 2 aromatic carbocycles. The van der Waals surface area contributed by atoms with Gasteiger partial charge in [0.25, 0.3) is 0 Å². The molecule has 0 radical (unpaired) electrons. The predicted molar refractivity (Wildman–Crippen MR) is 135 cm³/mol. The second-order valence-electron chi connectivity index (χ2n) is 8.57. The molecule has 2 aliphatic rings.